The van der Waals surface area contributed by atoms with Crippen LogP contribution in [0.2, 0.25) is 0 Å². The zero-order chi connectivity index (χ0) is 32.4. The summed E-state index contributed by atoms with van der Waals surface area (Å²) in [5.74, 6) is -1.98. The zero-order valence-corrected chi connectivity index (χ0v) is 26.1. The Balaban J connectivity index is 1.52. The molecule has 1 aliphatic carbocycles. The fraction of sp³-hybridized carbons (Fsp3) is 0.400. The molecule has 3 aromatic rings. The van der Waals surface area contributed by atoms with Crippen LogP contribution in [0.1, 0.15) is 53.4 Å². The van der Waals surface area contributed by atoms with Crippen molar-refractivity contribution in [3.05, 3.63) is 94.2 Å². The molecule has 11 heteroatoms. The molecule has 0 bridgehead atoms. The molecule has 1 unspecified atom stereocenters. The molecular formula is C35H36O11. The fourth-order valence-electron chi connectivity index (χ4n) is 7.55. The summed E-state index contributed by atoms with van der Waals surface area (Å²) in [6.45, 7) is 0. The van der Waals surface area contributed by atoms with E-state index in [1.54, 1.807) is 0 Å². The number of ether oxygens (including phenoxy) is 8. The second-order valence-corrected chi connectivity index (χ2v) is 11.6. The molecule has 0 saturated heterocycles. The van der Waals surface area contributed by atoms with Crippen LogP contribution in [0.5, 0.6) is 23.0 Å². The maximum absolute atomic E-state index is 14.2. The van der Waals surface area contributed by atoms with E-state index < -0.39 is 47.7 Å². The Morgan fingerprint density at radius 2 is 1.33 bits per heavy atom. The van der Waals surface area contributed by atoms with E-state index in [0.29, 0.717) is 0 Å². The first-order valence-corrected chi connectivity index (χ1v) is 15.0. The predicted octanol–water partition coefficient (Wildman–Crippen LogP) is 4.21. The van der Waals surface area contributed by atoms with E-state index in [4.69, 9.17) is 37.9 Å². The highest BCUT2D eigenvalue weighted by Crippen LogP contribution is 2.69. The van der Waals surface area contributed by atoms with Crippen LogP contribution in [-0.2, 0) is 29.3 Å². The Kier molecular flexibility index (Phi) is 7.49. The normalized spacial score (nSPS) is 31.0. The SMILES string of the molecule is COc1c2c(c3c(c1OC)C1(OC)C4=C(C(=O)[C@H](OC)[C@@]1(OC)O3)[C@H](O)C[C@@H](c1ccccc1)O4)[C@H](O)C[C@@H](c1ccccc1)O2. The quantitative estimate of drug-likeness (QED) is 0.388. The number of fused-ring (bicyclic) bond motifs is 6. The summed E-state index contributed by atoms with van der Waals surface area (Å²) >= 11 is 0. The van der Waals surface area contributed by atoms with Gasteiger partial charge < -0.3 is 48.1 Å². The van der Waals surface area contributed by atoms with Gasteiger partial charge in [0.15, 0.2) is 23.4 Å². The van der Waals surface area contributed by atoms with Crippen molar-refractivity contribution in [3.63, 3.8) is 0 Å². The third kappa shape index (κ3) is 3.93. The molecule has 0 radical (unpaired) electrons. The monoisotopic (exact) mass is 632 g/mol. The van der Waals surface area contributed by atoms with Gasteiger partial charge in [-0.15, -0.1) is 0 Å². The largest absolute Gasteiger partial charge is 0.492 e. The van der Waals surface area contributed by atoms with Crippen LogP contribution < -0.4 is 18.9 Å². The van der Waals surface area contributed by atoms with E-state index in [1.165, 1.54) is 35.5 Å². The van der Waals surface area contributed by atoms with E-state index in [9.17, 15) is 15.0 Å². The minimum Gasteiger partial charge on any atom is -0.492 e. The molecular weight excluding hydrogens is 596 g/mol. The average molecular weight is 633 g/mol. The molecule has 7 rings (SSSR count). The Labute approximate surface area is 266 Å². The molecule has 0 saturated carbocycles. The van der Waals surface area contributed by atoms with Crippen LogP contribution in [-0.4, -0.2) is 69.5 Å². The molecule has 0 aromatic heterocycles. The van der Waals surface area contributed by atoms with Gasteiger partial charge in [0.25, 0.3) is 5.79 Å². The predicted molar refractivity (Wildman–Crippen MR) is 162 cm³/mol. The highest BCUT2D eigenvalue weighted by atomic mass is 16.8. The van der Waals surface area contributed by atoms with Crippen LogP contribution in [0.25, 0.3) is 0 Å². The Morgan fingerprint density at radius 1 is 0.739 bits per heavy atom. The second kappa shape index (κ2) is 11.3. The van der Waals surface area contributed by atoms with Gasteiger partial charge in [-0.3, -0.25) is 4.79 Å². The van der Waals surface area contributed by atoms with Crippen molar-refractivity contribution in [1.82, 2.24) is 0 Å². The van der Waals surface area contributed by atoms with Crippen LogP contribution in [0.3, 0.4) is 0 Å². The van der Waals surface area contributed by atoms with Crippen molar-refractivity contribution < 1.29 is 52.9 Å². The minimum absolute atomic E-state index is 0.00446. The Bertz CT molecular complexity index is 1690. The first-order chi connectivity index (χ1) is 22.3. The van der Waals surface area contributed by atoms with Crippen molar-refractivity contribution >= 4 is 5.78 Å². The van der Waals surface area contributed by atoms with Gasteiger partial charge in [-0.1, -0.05) is 60.7 Å². The van der Waals surface area contributed by atoms with Gasteiger partial charge in [0.1, 0.15) is 18.0 Å². The van der Waals surface area contributed by atoms with Crippen molar-refractivity contribution in [3.8, 4) is 23.0 Å². The van der Waals surface area contributed by atoms with E-state index in [0.717, 1.165) is 11.1 Å². The lowest BCUT2D eigenvalue weighted by molar-refractivity contribution is -0.310. The molecule has 3 aliphatic heterocycles. The maximum atomic E-state index is 14.2. The van der Waals surface area contributed by atoms with E-state index in [1.807, 2.05) is 60.7 Å². The number of carbonyl (C=O) groups is 1. The summed E-state index contributed by atoms with van der Waals surface area (Å²) in [6, 6.07) is 18.9. The number of ketones is 1. The number of hydrogen-bond donors (Lipinski definition) is 2. The zero-order valence-electron chi connectivity index (χ0n) is 26.1. The number of Topliss-reactive ketones (excluding diaryl/α,β-unsaturated/α-hetero) is 1. The first-order valence-electron chi connectivity index (χ1n) is 15.0. The molecule has 46 heavy (non-hydrogen) atoms. The molecule has 2 N–H and O–H groups in total. The fourth-order valence-corrected chi connectivity index (χ4v) is 7.55. The molecule has 0 fully saturated rings. The molecule has 7 atom stereocenters. The Hall–Kier alpha value is -4.13. The van der Waals surface area contributed by atoms with Crippen LogP contribution in [0.4, 0.5) is 0 Å². The van der Waals surface area contributed by atoms with Gasteiger partial charge >= 0.3 is 0 Å². The van der Waals surface area contributed by atoms with Gasteiger partial charge in [0.2, 0.25) is 17.1 Å². The van der Waals surface area contributed by atoms with Gasteiger partial charge in [-0.2, -0.15) is 0 Å². The molecule has 0 amide bonds. The van der Waals surface area contributed by atoms with E-state index in [2.05, 4.69) is 0 Å². The van der Waals surface area contributed by atoms with Gasteiger partial charge in [0.05, 0.1) is 43.1 Å². The summed E-state index contributed by atoms with van der Waals surface area (Å²) in [6.07, 6.45) is -4.65. The summed E-state index contributed by atoms with van der Waals surface area (Å²) in [4.78, 5) is 14.2. The molecule has 11 nitrogen and oxygen atoms in total. The number of benzene rings is 3. The number of rotatable bonds is 7. The highest BCUT2D eigenvalue weighted by Gasteiger charge is 2.77. The number of methoxy groups -OCH3 is 5. The highest BCUT2D eigenvalue weighted by molar-refractivity contribution is 6.03. The minimum atomic E-state index is -2.03. The van der Waals surface area contributed by atoms with Crippen molar-refractivity contribution in [2.45, 2.75) is 54.7 Å². The number of aliphatic hydroxyl groups excluding tert-OH is 2. The first kappa shape index (κ1) is 30.5. The van der Waals surface area contributed by atoms with Gasteiger partial charge in [0, 0.05) is 34.2 Å². The molecule has 242 valence electrons. The van der Waals surface area contributed by atoms with Crippen LogP contribution >= 0.6 is 0 Å². The maximum Gasteiger partial charge on any atom is 0.285 e. The third-order valence-corrected chi connectivity index (χ3v) is 9.52. The summed E-state index contributed by atoms with van der Waals surface area (Å²) in [5, 5.41) is 23.4. The van der Waals surface area contributed by atoms with E-state index in [-0.39, 0.29) is 58.3 Å². The number of carbonyl (C=O) groups excluding carboxylic acids is 1. The van der Waals surface area contributed by atoms with Gasteiger partial charge in [-0.05, 0) is 11.1 Å². The number of aliphatic hydroxyl groups is 2. The third-order valence-electron chi connectivity index (χ3n) is 9.52. The van der Waals surface area contributed by atoms with Crippen molar-refractivity contribution in [1.29, 1.82) is 0 Å². The lowest BCUT2D eigenvalue weighted by Gasteiger charge is -2.51. The van der Waals surface area contributed by atoms with Crippen molar-refractivity contribution in [2.24, 2.45) is 0 Å². The lowest BCUT2D eigenvalue weighted by atomic mass is 9.70. The lowest BCUT2D eigenvalue weighted by Crippen LogP contribution is -2.69. The molecule has 3 heterocycles. The average Bonchev–Trinajstić information content (AvgIpc) is 3.39. The summed E-state index contributed by atoms with van der Waals surface area (Å²) < 4.78 is 50.3. The topological polar surface area (TPSA) is 131 Å². The van der Waals surface area contributed by atoms with Gasteiger partial charge in [-0.25, -0.2) is 0 Å². The summed E-state index contributed by atoms with van der Waals surface area (Å²) in [7, 11) is 7.05. The van der Waals surface area contributed by atoms with Crippen LogP contribution in [0, 0.1) is 0 Å². The molecule has 3 aromatic carbocycles. The Morgan fingerprint density at radius 3 is 1.87 bits per heavy atom. The van der Waals surface area contributed by atoms with Crippen molar-refractivity contribution in [2.75, 3.05) is 35.5 Å². The summed E-state index contributed by atoms with van der Waals surface area (Å²) in [5.41, 5.74) is 0.236. The standard InChI is InChI=1S/C35H36O11/c1-39-30-26-28(25-21(37)17-22(18-12-8-6-9-13-18)44-29(25)31(30)40-2)46-35(43-5)33(41-3)27(38)24-20(36)16-23(19-14-10-7-11-15-19)45-32(24)34(26,35)42-4/h6-15,20-23,33,36-37H,16-17H2,1-5H3/t20-,21-,22+,23+,33+,34?,35-/m1/s1. The molecule has 4 aliphatic rings. The van der Waals surface area contributed by atoms with E-state index >= 15 is 0 Å². The molecule has 0 spiro atoms. The van der Waals surface area contributed by atoms with Crippen LogP contribution in [0.15, 0.2) is 72.0 Å². The number of hydrogen-bond acceptors (Lipinski definition) is 11. The second-order valence-electron chi connectivity index (χ2n) is 11.6. The smallest absolute Gasteiger partial charge is 0.285 e.